The van der Waals surface area contributed by atoms with Crippen LogP contribution in [0.4, 0.5) is 0 Å². The van der Waals surface area contributed by atoms with Gasteiger partial charge < -0.3 is 4.74 Å². The summed E-state index contributed by atoms with van der Waals surface area (Å²) in [6.07, 6.45) is -0.0235. The Morgan fingerprint density at radius 2 is 2.25 bits per heavy atom. The van der Waals surface area contributed by atoms with Gasteiger partial charge in [-0.25, -0.2) is 8.42 Å². The highest BCUT2D eigenvalue weighted by atomic mass is 32.2. The molecule has 1 saturated heterocycles. The minimum absolute atomic E-state index is 0.0235. The van der Waals surface area contributed by atoms with E-state index in [1.165, 1.54) is 15.6 Å². The molecule has 0 bridgehead atoms. The smallest absolute Gasteiger partial charge is 0.252 e. The number of aryl methyl sites for hydroxylation is 1. The summed E-state index contributed by atoms with van der Waals surface area (Å²) in [6.45, 7) is 5.17. The van der Waals surface area contributed by atoms with Crippen LogP contribution in [0.3, 0.4) is 0 Å². The van der Waals surface area contributed by atoms with E-state index in [1.54, 1.807) is 6.07 Å². The van der Waals surface area contributed by atoms with Gasteiger partial charge in [-0.05, 0) is 26.0 Å². The summed E-state index contributed by atoms with van der Waals surface area (Å²) in [5.41, 5.74) is 0. The highest BCUT2D eigenvalue weighted by Crippen LogP contribution is 2.25. The van der Waals surface area contributed by atoms with Crippen molar-refractivity contribution in [3.8, 4) is 0 Å². The summed E-state index contributed by atoms with van der Waals surface area (Å²) in [5.74, 6) is 0. The molecule has 2 heterocycles. The van der Waals surface area contributed by atoms with Crippen LogP contribution >= 0.6 is 11.3 Å². The molecule has 16 heavy (non-hydrogen) atoms. The second-order valence-electron chi connectivity index (χ2n) is 3.91. The van der Waals surface area contributed by atoms with Crippen molar-refractivity contribution in [2.75, 3.05) is 19.7 Å². The molecule has 6 heteroatoms. The van der Waals surface area contributed by atoms with Gasteiger partial charge in [-0.1, -0.05) is 0 Å². The van der Waals surface area contributed by atoms with Crippen molar-refractivity contribution >= 4 is 21.4 Å². The SMILES string of the molecule is Cc1ccc(S(=O)(=O)N2CCO[C@H](C)C2)s1. The molecule has 0 aliphatic carbocycles. The third kappa shape index (κ3) is 2.29. The molecule has 1 fully saturated rings. The van der Waals surface area contributed by atoms with Crippen LogP contribution in [0.5, 0.6) is 0 Å². The Hall–Kier alpha value is -0.430. The Kier molecular flexibility index (Phi) is 3.34. The van der Waals surface area contributed by atoms with Crippen molar-refractivity contribution in [2.24, 2.45) is 0 Å². The lowest BCUT2D eigenvalue weighted by Gasteiger charge is -2.29. The van der Waals surface area contributed by atoms with Gasteiger partial charge in [-0.15, -0.1) is 11.3 Å². The number of hydrogen-bond acceptors (Lipinski definition) is 4. The zero-order valence-electron chi connectivity index (χ0n) is 9.34. The molecule has 1 aromatic rings. The van der Waals surface area contributed by atoms with E-state index < -0.39 is 10.0 Å². The Morgan fingerprint density at radius 1 is 1.50 bits per heavy atom. The van der Waals surface area contributed by atoms with Crippen molar-refractivity contribution in [2.45, 2.75) is 24.2 Å². The molecule has 0 aromatic carbocycles. The minimum Gasteiger partial charge on any atom is -0.376 e. The van der Waals surface area contributed by atoms with Crippen LogP contribution in [0.1, 0.15) is 11.8 Å². The second-order valence-corrected chi connectivity index (χ2v) is 7.36. The van der Waals surface area contributed by atoms with Crippen LogP contribution in [-0.2, 0) is 14.8 Å². The molecule has 0 radical (unpaired) electrons. The maximum absolute atomic E-state index is 12.2. The molecule has 1 aliphatic rings. The first-order valence-electron chi connectivity index (χ1n) is 5.18. The summed E-state index contributed by atoms with van der Waals surface area (Å²) in [7, 11) is -3.30. The van der Waals surface area contributed by atoms with Crippen molar-refractivity contribution in [3.05, 3.63) is 17.0 Å². The molecular weight excluding hydrogens is 246 g/mol. The van der Waals surface area contributed by atoms with Gasteiger partial charge in [0.2, 0.25) is 0 Å². The molecule has 90 valence electrons. The third-order valence-electron chi connectivity index (χ3n) is 2.51. The van der Waals surface area contributed by atoms with Crippen LogP contribution < -0.4 is 0 Å². The monoisotopic (exact) mass is 261 g/mol. The topological polar surface area (TPSA) is 46.6 Å². The Labute approximate surface area is 99.9 Å². The van der Waals surface area contributed by atoms with E-state index in [2.05, 4.69) is 0 Å². The molecule has 1 aromatic heterocycles. The van der Waals surface area contributed by atoms with Gasteiger partial charge in [-0.3, -0.25) is 0 Å². The predicted octanol–water partition coefficient (Wildman–Crippen LogP) is 1.47. The molecule has 2 rings (SSSR count). The van der Waals surface area contributed by atoms with Gasteiger partial charge in [-0.2, -0.15) is 4.31 Å². The molecule has 0 amide bonds. The van der Waals surface area contributed by atoms with Crippen LogP contribution in [0.25, 0.3) is 0 Å². The van der Waals surface area contributed by atoms with Crippen LogP contribution in [0.15, 0.2) is 16.3 Å². The predicted molar refractivity (Wildman–Crippen MR) is 63.2 cm³/mol. The number of ether oxygens (including phenoxy) is 1. The van der Waals surface area contributed by atoms with Gasteiger partial charge in [0.15, 0.2) is 0 Å². The standard InChI is InChI=1S/C10H15NO3S2/c1-8-7-11(5-6-14-8)16(12,13)10-4-3-9(2)15-10/h3-4,8H,5-7H2,1-2H3/t8-/m1/s1. The van der Waals surface area contributed by atoms with Gasteiger partial charge in [0.25, 0.3) is 10.0 Å². The van der Waals surface area contributed by atoms with Crippen molar-refractivity contribution in [1.29, 1.82) is 0 Å². The highest BCUT2D eigenvalue weighted by molar-refractivity contribution is 7.91. The quantitative estimate of drug-likeness (QED) is 0.810. The van der Waals surface area contributed by atoms with Gasteiger partial charge in [0.1, 0.15) is 4.21 Å². The number of rotatable bonds is 2. The zero-order valence-corrected chi connectivity index (χ0v) is 11.0. The first-order chi connectivity index (χ1) is 7.50. The molecule has 0 saturated carbocycles. The first kappa shape index (κ1) is 12.0. The van der Waals surface area contributed by atoms with Crippen molar-refractivity contribution < 1.29 is 13.2 Å². The molecule has 0 N–H and O–H groups in total. The normalized spacial score (nSPS) is 23.5. The summed E-state index contributed by atoms with van der Waals surface area (Å²) in [5, 5.41) is 0. The number of sulfonamides is 1. The zero-order chi connectivity index (χ0) is 11.8. The summed E-state index contributed by atoms with van der Waals surface area (Å²) in [4.78, 5) is 1.01. The molecule has 1 aliphatic heterocycles. The Morgan fingerprint density at radius 3 is 2.81 bits per heavy atom. The van der Waals surface area contributed by atoms with Crippen molar-refractivity contribution in [1.82, 2.24) is 4.31 Å². The van der Waals surface area contributed by atoms with Crippen LogP contribution in [0.2, 0.25) is 0 Å². The lowest BCUT2D eigenvalue weighted by atomic mass is 10.3. The number of morpholine rings is 1. The van der Waals surface area contributed by atoms with E-state index in [1.807, 2.05) is 19.9 Å². The Balaban J connectivity index is 2.25. The summed E-state index contributed by atoms with van der Waals surface area (Å²) < 4.78 is 31.7. The third-order valence-corrected chi connectivity index (χ3v) is 5.85. The van der Waals surface area contributed by atoms with E-state index in [9.17, 15) is 8.42 Å². The van der Waals surface area contributed by atoms with E-state index in [0.29, 0.717) is 23.9 Å². The van der Waals surface area contributed by atoms with Gasteiger partial charge >= 0.3 is 0 Å². The number of hydrogen-bond donors (Lipinski definition) is 0. The minimum atomic E-state index is -3.30. The summed E-state index contributed by atoms with van der Waals surface area (Å²) in [6, 6.07) is 3.51. The average Bonchev–Trinajstić information content (AvgIpc) is 2.65. The molecule has 0 spiro atoms. The van der Waals surface area contributed by atoms with E-state index in [4.69, 9.17) is 4.74 Å². The average molecular weight is 261 g/mol. The van der Waals surface area contributed by atoms with Gasteiger partial charge in [0.05, 0.1) is 12.7 Å². The highest BCUT2D eigenvalue weighted by Gasteiger charge is 2.29. The van der Waals surface area contributed by atoms with Gasteiger partial charge in [0, 0.05) is 18.0 Å². The Bertz CT molecular complexity index is 466. The molecular formula is C10H15NO3S2. The van der Waals surface area contributed by atoms with E-state index in [-0.39, 0.29) is 6.10 Å². The summed E-state index contributed by atoms with van der Waals surface area (Å²) >= 11 is 1.32. The first-order valence-corrected chi connectivity index (χ1v) is 7.44. The maximum atomic E-state index is 12.2. The van der Waals surface area contributed by atoms with Crippen LogP contribution in [-0.4, -0.2) is 38.5 Å². The second kappa shape index (κ2) is 4.44. The van der Waals surface area contributed by atoms with Crippen LogP contribution in [0, 0.1) is 6.92 Å². The molecule has 4 nitrogen and oxygen atoms in total. The number of nitrogens with zero attached hydrogens (tertiary/aromatic N) is 1. The van der Waals surface area contributed by atoms with E-state index in [0.717, 1.165) is 4.88 Å². The molecule has 0 unspecified atom stereocenters. The lowest BCUT2D eigenvalue weighted by Crippen LogP contribution is -2.44. The lowest BCUT2D eigenvalue weighted by molar-refractivity contribution is 0.0102. The number of thiophene rings is 1. The van der Waals surface area contributed by atoms with E-state index >= 15 is 0 Å². The fourth-order valence-corrected chi connectivity index (χ4v) is 4.62. The fraction of sp³-hybridized carbons (Fsp3) is 0.600. The molecule has 1 atom stereocenters. The fourth-order valence-electron chi connectivity index (χ4n) is 1.68. The maximum Gasteiger partial charge on any atom is 0.252 e. The van der Waals surface area contributed by atoms with Crippen molar-refractivity contribution in [3.63, 3.8) is 0 Å². The largest absolute Gasteiger partial charge is 0.376 e.